The van der Waals surface area contributed by atoms with Crippen LogP contribution in [0.5, 0.6) is 0 Å². The van der Waals surface area contributed by atoms with Gasteiger partial charge in [-0.3, -0.25) is 14.5 Å². The molecule has 1 saturated heterocycles. The molecule has 190 valence electrons. The quantitative estimate of drug-likeness (QED) is 0.519. The van der Waals surface area contributed by atoms with Crippen molar-refractivity contribution in [2.24, 2.45) is 0 Å². The van der Waals surface area contributed by atoms with E-state index in [-0.39, 0.29) is 18.0 Å². The molecule has 1 aliphatic rings. The van der Waals surface area contributed by atoms with Gasteiger partial charge in [-0.25, -0.2) is 0 Å². The van der Waals surface area contributed by atoms with Crippen molar-refractivity contribution in [2.75, 3.05) is 27.2 Å². The second-order valence-corrected chi connectivity index (χ2v) is 10.3. The SMILES string of the molecule is Cc1cc(C)c(CNC(=O)c2cc(-c3ccc(CN4CCC(N(C)C)CC4)cc3)ccc2C)c(=O)[nH]1. The minimum atomic E-state index is -0.175. The van der Waals surface area contributed by atoms with Gasteiger partial charge in [-0.1, -0.05) is 36.4 Å². The minimum Gasteiger partial charge on any atom is -0.348 e. The van der Waals surface area contributed by atoms with E-state index in [2.05, 4.69) is 64.5 Å². The summed E-state index contributed by atoms with van der Waals surface area (Å²) in [4.78, 5) is 33.0. The summed E-state index contributed by atoms with van der Waals surface area (Å²) in [5.41, 5.74) is 7.07. The third-order valence-electron chi connectivity index (χ3n) is 7.38. The Morgan fingerprint density at radius 2 is 1.64 bits per heavy atom. The zero-order chi connectivity index (χ0) is 25.8. The lowest BCUT2D eigenvalue weighted by Gasteiger charge is -2.35. The van der Waals surface area contributed by atoms with Gasteiger partial charge in [0.1, 0.15) is 0 Å². The average Bonchev–Trinajstić information content (AvgIpc) is 2.84. The Kier molecular flexibility index (Phi) is 8.07. The molecule has 1 aromatic heterocycles. The Balaban J connectivity index is 1.42. The second kappa shape index (κ2) is 11.2. The van der Waals surface area contributed by atoms with E-state index in [4.69, 9.17) is 0 Å². The predicted molar refractivity (Wildman–Crippen MR) is 146 cm³/mol. The molecule has 1 aliphatic heterocycles. The molecule has 0 radical (unpaired) electrons. The number of carbonyl (C=O) groups excluding carboxylic acids is 1. The maximum absolute atomic E-state index is 13.0. The topological polar surface area (TPSA) is 68.4 Å². The van der Waals surface area contributed by atoms with Gasteiger partial charge in [0, 0.05) is 36.0 Å². The Morgan fingerprint density at radius 1 is 0.972 bits per heavy atom. The molecule has 0 spiro atoms. The van der Waals surface area contributed by atoms with Crippen molar-refractivity contribution in [3.63, 3.8) is 0 Å². The van der Waals surface area contributed by atoms with Gasteiger partial charge >= 0.3 is 0 Å². The molecule has 36 heavy (non-hydrogen) atoms. The summed E-state index contributed by atoms with van der Waals surface area (Å²) in [5, 5.41) is 2.93. The van der Waals surface area contributed by atoms with Gasteiger partial charge < -0.3 is 15.2 Å². The van der Waals surface area contributed by atoms with E-state index < -0.39 is 0 Å². The largest absolute Gasteiger partial charge is 0.348 e. The Labute approximate surface area is 214 Å². The monoisotopic (exact) mass is 486 g/mol. The molecule has 0 atom stereocenters. The Morgan fingerprint density at radius 3 is 2.28 bits per heavy atom. The highest BCUT2D eigenvalue weighted by atomic mass is 16.1. The van der Waals surface area contributed by atoms with Crippen LogP contribution in [-0.4, -0.2) is 53.9 Å². The number of amides is 1. The normalized spacial score (nSPS) is 14.8. The molecule has 3 aromatic rings. The molecule has 1 amide bonds. The van der Waals surface area contributed by atoms with Gasteiger partial charge in [0.25, 0.3) is 11.5 Å². The van der Waals surface area contributed by atoms with E-state index in [0.29, 0.717) is 17.2 Å². The predicted octanol–water partition coefficient (Wildman–Crippen LogP) is 4.42. The lowest BCUT2D eigenvalue weighted by molar-refractivity contribution is 0.0950. The highest BCUT2D eigenvalue weighted by Gasteiger charge is 2.20. The van der Waals surface area contributed by atoms with Gasteiger partial charge in [0.15, 0.2) is 0 Å². The van der Waals surface area contributed by atoms with Gasteiger partial charge in [-0.2, -0.15) is 0 Å². The zero-order valence-electron chi connectivity index (χ0n) is 22.1. The third-order valence-corrected chi connectivity index (χ3v) is 7.38. The maximum Gasteiger partial charge on any atom is 0.253 e. The van der Waals surface area contributed by atoms with E-state index >= 15 is 0 Å². The van der Waals surface area contributed by atoms with Crippen LogP contribution in [-0.2, 0) is 13.1 Å². The van der Waals surface area contributed by atoms with Crippen LogP contribution >= 0.6 is 0 Å². The van der Waals surface area contributed by atoms with Crippen LogP contribution in [0.4, 0.5) is 0 Å². The lowest BCUT2D eigenvalue weighted by Crippen LogP contribution is -2.41. The molecule has 2 N–H and O–H groups in total. The molecule has 1 fully saturated rings. The van der Waals surface area contributed by atoms with Crippen LogP contribution in [0.3, 0.4) is 0 Å². The summed E-state index contributed by atoms with van der Waals surface area (Å²) in [5.74, 6) is -0.175. The number of nitrogens with zero attached hydrogens (tertiary/aromatic N) is 2. The molecule has 2 aromatic carbocycles. The average molecular weight is 487 g/mol. The smallest absolute Gasteiger partial charge is 0.253 e. The van der Waals surface area contributed by atoms with Crippen molar-refractivity contribution >= 4 is 5.91 Å². The standard InChI is InChI=1S/C30H38N4O2/c1-20-6-9-25(17-27(20)29(35)31-18-28-21(2)16-22(3)32-30(28)36)24-10-7-23(8-11-24)19-34-14-12-26(13-15-34)33(4)5/h6-11,16-17,26H,12-15,18-19H2,1-5H3,(H,31,35)(H,32,36). The number of aryl methyl sites for hydroxylation is 3. The first kappa shape index (κ1) is 25.9. The lowest BCUT2D eigenvalue weighted by atomic mass is 9.98. The van der Waals surface area contributed by atoms with E-state index in [1.54, 1.807) is 0 Å². The number of pyridine rings is 1. The number of hydrogen-bond acceptors (Lipinski definition) is 4. The van der Waals surface area contributed by atoms with E-state index in [1.807, 2.05) is 39.0 Å². The number of rotatable bonds is 7. The molecular weight excluding hydrogens is 448 g/mol. The van der Waals surface area contributed by atoms with Gasteiger partial charge in [0.05, 0.1) is 0 Å². The fourth-order valence-electron chi connectivity index (χ4n) is 5.07. The van der Waals surface area contributed by atoms with Crippen molar-refractivity contribution < 1.29 is 4.79 Å². The fourth-order valence-corrected chi connectivity index (χ4v) is 5.07. The van der Waals surface area contributed by atoms with Crippen molar-refractivity contribution in [3.05, 3.63) is 92.4 Å². The molecular formula is C30H38N4O2. The first-order valence-electron chi connectivity index (χ1n) is 12.8. The number of nitrogens with one attached hydrogen (secondary N) is 2. The van der Waals surface area contributed by atoms with Crippen molar-refractivity contribution in [1.82, 2.24) is 20.1 Å². The summed E-state index contributed by atoms with van der Waals surface area (Å²) in [7, 11) is 4.34. The van der Waals surface area contributed by atoms with Crippen LogP contribution in [0.25, 0.3) is 11.1 Å². The molecule has 4 rings (SSSR count). The zero-order valence-corrected chi connectivity index (χ0v) is 22.1. The number of hydrogen-bond donors (Lipinski definition) is 2. The molecule has 6 nitrogen and oxygen atoms in total. The molecule has 0 bridgehead atoms. The van der Waals surface area contributed by atoms with Crippen LogP contribution in [0, 0.1) is 20.8 Å². The Bertz CT molecular complexity index is 1270. The van der Waals surface area contributed by atoms with E-state index in [9.17, 15) is 9.59 Å². The molecule has 0 unspecified atom stereocenters. The second-order valence-electron chi connectivity index (χ2n) is 10.3. The highest BCUT2D eigenvalue weighted by molar-refractivity contribution is 5.96. The first-order valence-corrected chi connectivity index (χ1v) is 12.8. The minimum absolute atomic E-state index is 0.152. The molecule has 0 aliphatic carbocycles. The third kappa shape index (κ3) is 6.12. The van der Waals surface area contributed by atoms with Crippen LogP contribution in [0.1, 0.15) is 51.1 Å². The summed E-state index contributed by atoms with van der Waals surface area (Å²) in [6.07, 6.45) is 2.44. The van der Waals surface area contributed by atoms with Crippen LogP contribution in [0.15, 0.2) is 53.3 Å². The fraction of sp³-hybridized carbons (Fsp3) is 0.400. The number of carbonyl (C=O) groups is 1. The van der Waals surface area contributed by atoms with E-state index in [1.165, 1.54) is 18.4 Å². The van der Waals surface area contributed by atoms with Crippen molar-refractivity contribution in [1.29, 1.82) is 0 Å². The summed E-state index contributed by atoms with van der Waals surface area (Å²) < 4.78 is 0. The van der Waals surface area contributed by atoms with E-state index in [0.717, 1.165) is 47.6 Å². The highest BCUT2D eigenvalue weighted by Crippen LogP contribution is 2.24. The Hall–Kier alpha value is -3.22. The van der Waals surface area contributed by atoms with Crippen LogP contribution in [0.2, 0.25) is 0 Å². The summed E-state index contributed by atoms with van der Waals surface area (Å²) >= 11 is 0. The summed E-state index contributed by atoms with van der Waals surface area (Å²) in [6, 6.07) is 17.3. The summed E-state index contributed by atoms with van der Waals surface area (Å²) in [6.45, 7) is 9.12. The number of H-pyrrole nitrogens is 1. The maximum atomic E-state index is 13.0. The van der Waals surface area contributed by atoms with Gasteiger partial charge in [0.2, 0.25) is 0 Å². The number of benzene rings is 2. The van der Waals surface area contributed by atoms with Gasteiger partial charge in [-0.15, -0.1) is 0 Å². The number of aromatic nitrogens is 1. The van der Waals surface area contributed by atoms with Crippen LogP contribution < -0.4 is 10.9 Å². The number of piperidine rings is 1. The molecule has 0 saturated carbocycles. The number of likely N-dealkylation sites (tertiary alicyclic amines) is 1. The van der Waals surface area contributed by atoms with Gasteiger partial charge in [-0.05, 0) is 101 Å². The molecule has 2 heterocycles. The van der Waals surface area contributed by atoms with Crippen molar-refractivity contribution in [2.45, 2.75) is 52.7 Å². The molecule has 6 heteroatoms. The first-order chi connectivity index (χ1) is 17.2. The number of aromatic amines is 1. The van der Waals surface area contributed by atoms with Crippen molar-refractivity contribution in [3.8, 4) is 11.1 Å².